The molecule has 10 heteroatoms. The van der Waals surface area contributed by atoms with Crippen LogP contribution >= 0.6 is 11.8 Å². The fraction of sp³-hybridized carbons (Fsp3) is 0.281. The lowest BCUT2D eigenvalue weighted by Gasteiger charge is -2.23. The number of rotatable bonds is 10. The van der Waals surface area contributed by atoms with E-state index in [1.54, 1.807) is 30.9 Å². The second-order valence-corrected chi connectivity index (χ2v) is 10.8. The first-order chi connectivity index (χ1) is 20.5. The first-order valence-corrected chi connectivity index (χ1v) is 14.8. The molecule has 1 aliphatic rings. The van der Waals surface area contributed by atoms with Crippen molar-refractivity contribution in [3.63, 3.8) is 0 Å². The van der Waals surface area contributed by atoms with Crippen molar-refractivity contribution in [1.29, 1.82) is 0 Å². The maximum atomic E-state index is 13.8. The van der Waals surface area contributed by atoms with Crippen LogP contribution in [0.5, 0.6) is 17.2 Å². The van der Waals surface area contributed by atoms with Crippen LogP contribution < -0.4 is 24.4 Å². The van der Waals surface area contributed by atoms with Crippen molar-refractivity contribution in [2.24, 2.45) is 0 Å². The van der Waals surface area contributed by atoms with Crippen LogP contribution in [-0.2, 0) is 9.59 Å². The second kappa shape index (κ2) is 13.0. The highest BCUT2D eigenvalue weighted by Crippen LogP contribution is 2.49. The molecule has 2 heterocycles. The monoisotopic (exact) mass is 586 g/mol. The summed E-state index contributed by atoms with van der Waals surface area (Å²) in [7, 11) is 4.82. The number of thioether (sulfide) groups is 1. The Morgan fingerprint density at radius 2 is 1.71 bits per heavy atom. The number of methoxy groups -OCH3 is 3. The number of aromatic nitrogens is 2. The van der Waals surface area contributed by atoms with Gasteiger partial charge in [-0.15, -0.1) is 11.8 Å². The minimum atomic E-state index is -0.297. The number of nitrogens with zero attached hydrogens (tertiary/aromatic N) is 3. The molecule has 3 aromatic carbocycles. The van der Waals surface area contributed by atoms with Gasteiger partial charge >= 0.3 is 0 Å². The topological polar surface area (TPSA) is 94.9 Å². The van der Waals surface area contributed by atoms with Crippen molar-refractivity contribution in [3.8, 4) is 34.2 Å². The van der Waals surface area contributed by atoms with E-state index in [2.05, 4.69) is 5.32 Å². The third-order valence-electron chi connectivity index (χ3n) is 7.04. The zero-order valence-electron chi connectivity index (χ0n) is 24.1. The molecule has 9 nitrogen and oxygen atoms in total. The molecule has 42 heavy (non-hydrogen) atoms. The fourth-order valence-corrected chi connectivity index (χ4v) is 6.16. The summed E-state index contributed by atoms with van der Waals surface area (Å²) in [4.78, 5) is 28.5. The summed E-state index contributed by atoms with van der Waals surface area (Å²) >= 11 is 1.50. The number of hydrogen-bond donors (Lipinski definition) is 1. The highest BCUT2D eigenvalue weighted by molar-refractivity contribution is 8.00. The zero-order valence-corrected chi connectivity index (χ0v) is 24.9. The average Bonchev–Trinajstić information content (AvgIpc) is 3.36. The molecule has 4 aromatic rings. The molecule has 0 radical (unpaired) electrons. The summed E-state index contributed by atoms with van der Waals surface area (Å²) in [5.41, 5.74) is 4.12. The molecular formula is C32H34N4O5S. The minimum Gasteiger partial charge on any atom is -0.497 e. The predicted octanol–water partition coefficient (Wildman–Crippen LogP) is 5.26. The van der Waals surface area contributed by atoms with Crippen LogP contribution in [0.3, 0.4) is 0 Å². The average molecular weight is 587 g/mol. The number of nitrogens with one attached hydrogen (secondary N) is 1. The van der Waals surface area contributed by atoms with Gasteiger partial charge in [0.05, 0.1) is 43.7 Å². The SMILES string of the molecule is CCCNC(=O)CN1C(=O)CS[C@@H](c2ccc(OC)c(OC)c2)c2c(-c3ccccc3)nn(-c3ccc(OC)cc3)c21. The third-order valence-corrected chi connectivity index (χ3v) is 8.29. The van der Waals surface area contributed by atoms with Crippen molar-refractivity contribution in [2.75, 3.05) is 45.1 Å². The number of fused-ring (bicyclic) bond motifs is 1. The third kappa shape index (κ3) is 5.80. The number of carbonyl (C=O) groups excluding carboxylic acids is 2. The Balaban J connectivity index is 1.78. The molecule has 0 spiro atoms. The van der Waals surface area contributed by atoms with Gasteiger partial charge in [0.15, 0.2) is 11.5 Å². The van der Waals surface area contributed by atoms with E-state index in [1.807, 2.05) is 79.7 Å². The lowest BCUT2D eigenvalue weighted by molar-refractivity contribution is -0.122. The van der Waals surface area contributed by atoms with Gasteiger partial charge in [-0.3, -0.25) is 14.5 Å². The lowest BCUT2D eigenvalue weighted by atomic mass is 9.99. The quantitative estimate of drug-likeness (QED) is 0.271. The van der Waals surface area contributed by atoms with Crippen LogP contribution in [0, 0.1) is 0 Å². The van der Waals surface area contributed by atoms with E-state index in [9.17, 15) is 9.59 Å². The molecule has 0 fully saturated rings. The molecular weight excluding hydrogens is 552 g/mol. The molecule has 0 unspecified atom stereocenters. The highest BCUT2D eigenvalue weighted by Gasteiger charge is 2.38. The number of hydrogen-bond acceptors (Lipinski definition) is 7. The van der Waals surface area contributed by atoms with E-state index in [1.165, 1.54) is 11.8 Å². The predicted molar refractivity (Wildman–Crippen MR) is 165 cm³/mol. The molecule has 0 bridgehead atoms. The van der Waals surface area contributed by atoms with Crippen molar-refractivity contribution >= 4 is 29.4 Å². The maximum Gasteiger partial charge on any atom is 0.240 e. The Bertz CT molecular complexity index is 1560. The largest absolute Gasteiger partial charge is 0.497 e. The van der Waals surface area contributed by atoms with Crippen LogP contribution in [0.4, 0.5) is 5.82 Å². The first kappa shape index (κ1) is 29.1. The number of carbonyl (C=O) groups is 2. The van der Waals surface area contributed by atoms with E-state index in [4.69, 9.17) is 19.3 Å². The molecule has 1 atom stereocenters. The molecule has 2 amide bonds. The van der Waals surface area contributed by atoms with Gasteiger partial charge in [-0.1, -0.05) is 43.3 Å². The lowest BCUT2D eigenvalue weighted by Crippen LogP contribution is -2.42. The smallest absolute Gasteiger partial charge is 0.240 e. The highest BCUT2D eigenvalue weighted by atomic mass is 32.2. The van der Waals surface area contributed by atoms with Gasteiger partial charge in [-0.25, -0.2) is 4.68 Å². The number of ether oxygens (including phenoxy) is 3. The fourth-order valence-electron chi connectivity index (χ4n) is 4.97. The van der Waals surface area contributed by atoms with E-state index in [0.717, 1.165) is 34.5 Å². The second-order valence-electron chi connectivity index (χ2n) is 9.70. The van der Waals surface area contributed by atoms with Crippen LogP contribution in [-0.4, -0.2) is 61.8 Å². The molecule has 0 saturated carbocycles. The Kier molecular flexibility index (Phi) is 9.02. The summed E-state index contributed by atoms with van der Waals surface area (Å²) in [6.45, 7) is 2.40. The molecule has 5 rings (SSSR count). The van der Waals surface area contributed by atoms with Crippen molar-refractivity contribution in [1.82, 2.24) is 15.1 Å². The minimum absolute atomic E-state index is 0.124. The van der Waals surface area contributed by atoms with Gasteiger partial charge in [-0.2, -0.15) is 5.10 Å². The van der Waals surface area contributed by atoms with Crippen molar-refractivity contribution < 1.29 is 23.8 Å². The molecule has 1 aromatic heterocycles. The molecule has 0 aliphatic carbocycles. The van der Waals surface area contributed by atoms with Gasteiger partial charge in [-0.05, 0) is 48.4 Å². The van der Waals surface area contributed by atoms with E-state index < -0.39 is 0 Å². The molecule has 218 valence electrons. The standard InChI is InChI=1S/C32H34N4O5S/c1-5-17-33-27(37)19-35-28(38)20-42-31(22-11-16-25(40-3)26(18-22)41-4)29-30(21-9-7-6-8-10-21)34-36(32(29)35)23-12-14-24(39-2)15-13-23/h6-16,18,31H,5,17,19-20H2,1-4H3,(H,33,37)/t31-/m0/s1. The first-order valence-electron chi connectivity index (χ1n) is 13.7. The zero-order chi connectivity index (χ0) is 29.6. The normalized spacial score (nSPS) is 14.6. The summed E-state index contributed by atoms with van der Waals surface area (Å²) in [5, 5.41) is 7.74. The maximum absolute atomic E-state index is 13.8. The summed E-state index contributed by atoms with van der Waals surface area (Å²) in [6.07, 6.45) is 0.796. The summed E-state index contributed by atoms with van der Waals surface area (Å²) in [6, 6.07) is 23.2. The molecule has 1 N–H and O–H groups in total. The molecule has 1 aliphatic heterocycles. The number of anilines is 1. The van der Waals surface area contributed by atoms with Crippen molar-refractivity contribution in [2.45, 2.75) is 18.6 Å². The van der Waals surface area contributed by atoms with Crippen LogP contribution in [0.2, 0.25) is 0 Å². The Morgan fingerprint density at radius 3 is 2.38 bits per heavy atom. The van der Waals surface area contributed by atoms with Crippen LogP contribution in [0.25, 0.3) is 16.9 Å². The van der Waals surface area contributed by atoms with E-state index >= 15 is 0 Å². The van der Waals surface area contributed by atoms with Gasteiger partial charge in [0, 0.05) is 17.7 Å². The number of amides is 2. The summed E-state index contributed by atoms with van der Waals surface area (Å²) < 4.78 is 18.3. The van der Waals surface area contributed by atoms with E-state index in [0.29, 0.717) is 29.6 Å². The Labute approximate surface area is 249 Å². The summed E-state index contributed by atoms with van der Waals surface area (Å²) in [5.74, 6) is 2.23. The number of benzene rings is 3. The van der Waals surface area contributed by atoms with Gasteiger partial charge in [0.25, 0.3) is 0 Å². The Hall–Kier alpha value is -4.44. The van der Waals surface area contributed by atoms with E-state index in [-0.39, 0.29) is 29.4 Å². The Morgan fingerprint density at radius 1 is 0.976 bits per heavy atom. The van der Waals surface area contributed by atoms with Crippen LogP contribution in [0.1, 0.15) is 29.7 Å². The van der Waals surface area contributed by atoms with Gasteiger partial charge in [0.1, 0.15) is 18.1 Å². The van der Waals surface area contributed by atoms with Crippen LogP contribution in [0.15, 0.2) is 72.8 Å². The van der Waals surface area contributed by atoms with Crippen molar-refractivity contribution in [3.05, 3.63) is 83.9 Å². The van der Waals surface area contributed by atoms with Gasteiger partial charge in [0.2, 0.25) is 11.8 Å². The van der Waals surface area contributed by atoms with Gasteiger partial charge < -0.3 is 19.5 Å². The molecule has 0 saturated heterocycles.